The topological polar surface area (TPSA) is 26.3 Å². The van der Waals surface area contributed by atoms with E-state index < -0.39 is 5.97 Å². The molecule has 0 unspecified atom stereocenters. The van der Waals surface area contributed by atoms with Crippen molar-refractivity contribution in [3.05, 3.63) is 24.7 Å². The normalized spacial score (nSPS) is 9.56. The van der Waals surface area contributed by atoms with Gasteiger partial charge in [-0.25, -0.2) is 9.18 Å². The standard InChI is InChI=1S/C6H7FO2/c1-5(2)6(8)9-4-3-7/h3-4H,1H2,2H3. The quantitative estimate of drug-likeness (QED) is 0.322. The second-order valence-corrected chi connectivity index (χ2v) is 1.45. The summed E-state index contributed by atoms with van der Waals surface area (Å²) in [6, 6.07) is 0. The number of carbonyl (C=O) groups excluding carboxylic acids is 1. The molecule has 0 saturated carbocycles. The van der Waals surface area contributed by atoms with E-state index in [9.17, 15) is 9.18 Å². The van der Waals surface area contributed by atoms with E-state index in [2.05, 4.69) is 11.3 Å². The van der Waals surface area contributed by atoms with Gasteiger partial charge in [-0.2, -0.15) is 0 Å². The zero-order valence-corrected chi connectivity index (χ0v) is 5.06. The molecule has 0 aromatic rings. The zero-order valence-electron chi connectivity index (χ0n) is 5.06. The van der Waals surface area contributed by atoms with E-state index in [1.165, 1.54) is 6.92 Å². The SMILES string of the molecule is C=C(C)C(=O)OC=CF. The first kappa shape index (κ1) is 7.88. The van der Waals surface area contributed by atoms with Crippen molar-refractivity contribution in [2.45, 2.75) is 6.92 Å². The molecule has 50 valence electrons. The van der Waals surface area contributed by atoms with Crippen LogP contribution >= 0.6 is 0 Å². The second kappa shape index (κ2) is 3.83. The number of hydrogen-bond acceptors (Lipinski definition) is 2. The Bertz CT molecular complexity index is 149. The maximum Gasteiger partial charge on any atom is 0.337 e. The highest BCUT2D eigenvalue weighted by molar-refractivity contribution is 5.87. The van der Waals surface area contributed by atoms with Crippen LogP contribution < -0.4 is 0 Å². The van der Waals surface area contributed by atoms with Crippen molar-refractivity contribution in [3.8, 4) is 0 Å². The smallest absolute Gasteiger partial charge is 0.337 e. The lowest BCUT2D eigenvalue weighted by Crippen LogP contribution is -1.98. The number of carbonyl (C=O) groups is 1. The van der Waals surface area contributed by atoms with Crippen LogP contribution in [-0.2, 0) is 9.53 Å². The minimum Gasteiger partial charge on any atom is -0.429 e. The summed E-state index contributed by atoms with van der Waals surface area (Å²) in [5, 5.41) is 0. The van der Waals surface area contributed by atoms with Gasteiger partial charge in [0.25, 0.3) is 0 Å². The van der Waals surface area contributed by atoms with Crippen LogP contribution in [0.4, 0.5) is 4.39 Å². The summed E-state index contributed by atoms with van der Waals surface area (Å²) in [6.07, 6.45) is 0.803. The van der Waals surface area contributed by atoms with Gasteiger partial charge in [0.05, 0.1) is 0 Å². The fourth-order valence-corrected chi connectivity index (χ4v) is 0.188. The van der Waals surface area contributed by atoms with Gasteiger partial charge in [0.1, 0.15) is 12.6 Å². The van der Waals surface area contributed by atoms with E-state index in [1.807, 2.05) is 0 Å². The molecule has 0 N–H and O–H groups in total. The highest BCUT2D eigenvalue weighted by Crippen LogP contribution is 1.91. The van der Waals surface area contributed by atoms with Crippen LogP contribution in [-0.4, -0.2) is 5.97 Å². The Hall–Kier alpha value is -1.12. The molecule has 0 fully saturated rings. The molecule has 0 amide bonds. The largest absolute Gasteiger partial charge is 0.429 e. The van der Waals surface area contributed by atoms with Crippen LogP contribution in [0.1, 0.15) is 6.92 Å². The van der Waals surface area contributed by atoms with Crippen LogP contribution in [0.2, 0.25) is 0 Å². The lowest BCUT2D eigenvalue weighted by molar-refractivity contribution is -0.133. The van der Waals surface area contributed by atoms with Crippen LogP contribution in [0, 0.1) is 0 Å². The maximum absolute atomic E-state index is 11.1. The fourth-order valence-electron chi connectivity index (χ4n) is 0.188. The third kappa shape index (κ3) is 3.46. The molecule has 0 aromatic heterocycles. The molecule has 2 nitrogen and oxygen atoms in total. The number of ether oxygens (including phenoxy) is 1. The van der Waals surface area contributed by atoms with Gasteiger partial charge in [0.2, 0.25) is 0 Å². The van der Waals surface area contributed by atoms with Crippen LogP contribution in [0.3, 0.4) is 0 Å². The number of esters is 1. The van der Waals surface area contributed by atoms with Gasteiger partial charge in [-0.15, -0.1) is 0 Å². The Labute approximate surface area is 52.6 Å². The Morgan fingerprint density at radius 2 is 2.33 bits per heavy atom. The lowest BCUT2D eigenvalue weighted by Gasteiger charge is -1.92. The molecule has 0 aliphatic heterocycles. The molecule has 0 bridgehead atoms. The predicted molar refractivity (Wildman–Crippen MR) is 31.2 cm³/mol. The number of hydrogen-bond donors (Lipinski definition) is 0. The summed E-state index contributed by atoms with van der Waals surface area (Å²) in [5.41, 5.74) is 0.244. The Balaban J connectivity index is 3.65. The van der Waals surface area contributed by atoms with Gasteiger partial charge in [-0.3, -0.25) is 0 Å². The van der Waals surface area contributed by atoms with E-state index >= 15 is 0 Å². The molecule has 9 heavy (non-hydrogen) atoms. The van der Waals surface area contributed by atoms with Gasteiger partial charge < -0.3 is 4.74 Å². The molecule has 0 saturated heterocycles. The van der Waals surface area contributed by atoms with Gasteiger partial charge >= 0.3 is 5.97 Å². The van der Waals surface area contributed by atoms with Gasteiger partial charge in [-0.05, 0) is 6.92 Å². The molecule has 0 rings (SSSR count). The van der Waals surface area contributed by atoms with Gasteiger partial charge in [0.15, 0.2) is 0 Å². The summed E-state index contributed by atoms with van der Waals surface area (Å²) in [6.45, 7) is 4.76. The lowest BCUT2D eigenvalue weighted by atomic mass is 10.4. The van der Waals surface area contributed by atoms with Crippen molar-refractivity contribution in [1.82, 2.24) is 0 Å². The average Bonchev–Trinajstić information content (AvgIpc) is 1.82. The molecule has 3 heteroatoms. The Kier molecular flexibility index (Phi) is 3.35. The number of rotatable bonds is 2. The summed E-state index contributed by atoms with van der Waals surface area (Å²) in [4.78, 5) is 10.4. The molecule has 0 aliphatic rings. The molecule has 0 atom stereocenters. The van der Waals surface area contributed by atoms with Crippen molar-refractivity contribution < 1.29 is 13.9 Å². The van der Waals surface area contributed by atoms with Crippen molar-refractivity contribution in [2.75, 3.05) is 0 Å². The molecule has 0 aliphatic carbocycles. The highest BCUT2D eigenvalue weighted by atomic mass is 19.1. The van der Waals surface area contributed by atoms with Crippen LogP contribution in [0.5, 0.6) is 0 Å². The summed E-state index contributed by atoms with van der Waals surface area (Å²) < 4.78 is 15.3. The maximum atomic E-state index is 11.1. The Morgan fingerprint density at radius 1 is 1.78 bits per heavy atom. The van der Waals surface area contributed by atoms with Crippen molar-refractivity contribution >= 4 is 5.97 Å². The van der Waals surface area contributed by atoms with Crippen molar-refractivity contribution in [2.24, 2.45) is 0 Å². The summed E-state index contributed by atoms with van der Waals surface area (Å²) in [5.74, 6) is -0.621. The van der Waals surface area contributed by atoms with E-state index in [0.29, 0.717) is 6.26 Å². The third-order valence-corrected chi connectivity index (χ3v) is 0.575. The first-order chi connectivity index (χ1) is 4.18. The van der Waals surface area contributed by atoms with Crippen molar-refractivity contribution in [3.63, 3.8) is 0 Å². The van der Waals surface area contributed by atoms with E-state index in [4.69, 9.17) is 0 Å². The molecular formula is C6H7FO2. The highest BCUT2D eigenvalue weighted by Gasteiger charge is 1.98. The molecule has 0 radical (unpaired) electrons. The van der Waals surface area contributed by atoms with Gasteiger partial charge in [-0.1, -0.05) is 6.58 Å². The second-order valence-electron chi connectivity index (χ2n) is 1.45. The minimum absolute atomic E-state index is 0.140. The Morgan fingerprint density at radius 3 is 2.67 bits per heavy atom. The first-order valence-electron chi connectivity index (χ1n) is 2.30. The monoisotopic (exact) mass is 130 g/mol. The predicted octanol–water partition coefficient (Wildman–Crippen LogP) is 1.55. The van der Waals surface area contributed by atoms with E-state index in [1.54, 1.807) is 0 Å². The van der Waals surface area contributed by atoms with E-state index in [0.717, 1.165) is 0 Å². The van der Waals surface area contributed by atoms with E-state index in [-0.39, 0.29) is 11.9 Å². The third-order valence-electron chi connectivity index (χ3n) is 0.575. The molecule has 0 aromatic carbocycles. The number of halogens is 1. The van der Waals surface area contributed by atoms with Crippen LogP contribution in [0.25, 0.3) is 0 Å². The summed E-state index contributed by atoms with van der Waals surface area (Å²) in [7, 11) is 0. The molecule has 0 heterocycles. The van der Waals surface area contributed by atoms with Crippen LogP contribution in [0.15, 0.2) is 24.7 Å². The summed E-state index contributed by atoms with van der Waals surface area (Å²) >= 11 is 0. The molecule has 0 spiro atoms. The van der Waals surface area contributed by atoms with Gasteiger partial charge in [0, 0.05) is 5.57 Å². The average molecular weight is 130 g/mol. The fraction of sp³-hybridized carbons (Fsp3) is 0.167. The minimum atomic E-state index is -0.621. The van der Waals surface area contributed by atoms with Crippen molar-refractivity contribution in [1.29, 1.82) is 0 Å². The zero-order chi connectivity index (χ0) is 7.28. The first-order valence-corrected chi connectivity index (χ1v) is 2.30. The molecular weight excluding hydrogens is 123 g/mol.